The molecule has 6 heteroatoms. The van der Waals surface area contributed by atoms with E-state index in [0.717, 1.165) is 35.7 Å². The zero-order valence-electron chi connectivity index (χ0n) is 17.2. The van der Waals surface area contributed by atoms with Crippen LogP contribution in [0.3, 0.4) is 0 Å². The second-order valence-corrected chi connectivity index (χ2v) is 7.67. The van der Waals surface area contributed by atoms with Crippen LogP contribution in [0.2, 0.25) is 0 Å². The summed E-state index contributed by atoms with van der Waals surface area (Å²) in [5.41, 5.74) is 4.09. The molecule has 0 amide bonds. The number of aromatic nitrogens is 1. The number of benzene rings is 1. The highest BCUT2D eigenvalue weighted by Gasteiger charge is 2.28. The molecule has 1 saturated heterocycles. The van der Waals surface area contributed by atoms with Crippen LogP contribution < -0.4 is 4.90 Å². The molecule has 0 radical (unpaired) electrons. The molecule has 1 aromatic heterocycles. The summed E-state index contributed by atoms with van der Waals surface area (Å²) < 4.78 is 12.6. The zero-order valence-corrected chi connectivity index (χ0v) is 17.2. The Hall–Kier alpha value is -2.44. The number of morpholine rings is 1. The Labute approximate surface area is 166 Å². The lowest BCUT2D eigenvalue weighted by Gasteiger charge is -2.31. The van der Waals surface area contributed by atoms with Gasteiger partial charge in [0.2, 0.25) is 5.78 Å². The Balaban J connectivity index is 1.81. The highest BCUT2D eigenvalue weighted by Crippen LogP contribution is 2.21. The van der Waals surface area contributed by atoms with Crippen molar-refractivity contribution < 1.29 is 24.0 Å². The molecule has 3 rings (SSSR count). The summed E-state index contributed by atoms with van der Waals surface area (Å²) in [4.78, 5) is 25.9. The average Bonchev–Trinajstić information content (AvgIpc) is 2.94. The monoisotopic (exact) mass is 385 g/mol. The summed E-state index contributed by atoms with van der Waals surface area (Å²) >= 11 is 0. The minimum Gasteiger partial charge on any atom is -0.465 e. The lowest BCUT2D eigenvalue weighted by atomic mass is 10.1. The Kier molecular flexibility index (Phi) is 6.01. The highest BCUT2D eigenvalue weighted by molar-refractivity contribution is 5.98. The maximum atomic E-state index is 13.0. The van der Waals surface area contributed by atoms with E-state index in [-0.39, 0.29) is 24.0 Å². The molecule has 28 heavy (non-hydrogen) atoms. The van der Waals surface area contributed by atoms with Gasteiger partial charge in [0.1, 0.15) is 31.8 Å². The number of rotatable bonds is 5. The second-order valence-electron chi connectivity index (χ2n) is 7.67. The van der Waals surface area contributed by atoms with Crippen LogP contribution in [0.25, 0.3) is 5.69 Å². The van der Waals surface area contributed by atoms with Crippen molar-refractivity contribution >= 4 is 11.8 Å². The van der Waals surface area contributed by atoms with E-state index < -0.39 is 0 Å². The number of hydrogen-bond donors (Lipinski definition) is 1. The van der Waals surface area contributed by atoms with E-state index in [4.69, 9.17) is 9.47 Å². The molecule has 2 unspecified atom stereocenters. The number of quaternary nitrogens is 1. The van der Waals surface area contributed by atoms with Crippen molar-refractivity contribution in [3.63, 3.8) is 0 Å². The SMILES string of the molecule is COC(=O)c1ccc(-n2c(C)cc(C(=O)C[NH+]3CC(C)OC(C)C3)c2C)cc1. The van der Waals surface area contributed by atoms with E-state index in [1.54, 1.807) is 12.1 Å². The number of nitrogens with zero attached hydrogens (tertiary/aromatic N) is 1. The average molecular weight is 385 g/mol. The number of aryl methyl sites for hydroxylation is 1. The molecule has 0 aliphatic carbocycles. The summed E-state index contributed by atoms with van der Waals surface area (Å²) in [6.45, 7) is 10.3. The van der Waals surface area contributed by atoms with Crippen LogP contribution in [0, 0.1) is 13.8 Å². The molecule has 1 fully saturated rings. The Bertz CT molecular complexity index is 859. The first kappa shape index (κ1) is 20.3. The number of ether oxygens (including phenoxy) is 2. The normalized spacial score (nSPS) is 22.1. The number of methoxy groups -OCH3 is 1. The van der Waals surface area contributed by atoms with Crippen molar-refractivity contribution in [2.24, 2.45) is 0 Å². The summed E-state index contributed by atoms with van der Waals surface area (Å²) in [6.07, 6.45) is 0.347. The number of carbonyl (C=O) groups is 2. The fourth-order valence-corrected chi connectivity index (χ4v) is 4.16. The molecule has 0 bridgehead atoms. The van der Waals surface area contributed by atoms with Crippen molar-refractivity contribution in [2.45, 2.75) is 39.9 Å². The largest absolute Gasteiger partial charge is 0.465 e. The molecule has 6 nitrogen and oxygen atoms in total. The number of esters is 1. The van der Waals surface area contributed by atoms with Crippen molar-refractivity contribution in [1.82, 2.24) is 4.57 Å². The maximum Gasteiger partial charge on any atom is 0.337 e. The molecule has 1 aliphatic rings. The van der Waals surface area contributed by atoms with Crippen LogP contribution in [0.1, 0.15) is 46.0 Å². The lowest BCUT2D eigenvalue weighted by molar-refractivity contribution is -0.906. The summed E-state index contributed by atoms with van der Waals surface area (Å²) in [7, 11) is 1.37. The zero-order chi connectivity index (χ0) is 20.4. The molecule has 1 aliphatic heterocycles. The van der Waals surface area contributed by atoms with Crippen molar-refractivity contribution in [3.05, 3.63) is 52.8 Å². The second kappa shape index (κ2) is 8.29. The van der Waals surface area contributed by atoms with E-state index >= 15 is 0 Å². The van der Waals surface area contributed by atoms with Crippen LogP contribution in [-0.2, 0) is 9.47 Å². The van der Waals surface area contributed by atoms with Gasteiger partial charge in [0, 0.05) is 22.6 Å². The molecule has 0 saturated carbocycles. The van der Waals surface area contributed by atoms with Crippen LogP contribution in [0.15, 0.2) is 30.3 Å². The standard InChI is InChI=1S/C22H28N2O4/c1-14-10-20(21(25)13-23-11-15(2)28-16(3)12-23)17(4)24(14)19-8-6-18(7-9-19)22(26)27-5/h6-10,15-16H,11-13H2,1-5H3/p+1. The van der Waals surface area contributed by atoms with E-state index in [9.17, 15) is 9.59 Å². The highest BCUT2D eigenvalue weighted by atomic mass is 16.5. The third kappa shape index (κ3) is 4.18. The summed E-state index contributed by atoms with van der Waals surface area (Å²) in [6, 6.07) is 9.18. The number of carbonyl (C=O) groups excluding carboxylic acids is 2. The quantitative estimate of drug-likeness (QED) is 0.629. The molecule has 2 atom stereocenters. The molecule has 2 aromatic rings. The number of ketones is 1. The summed E-state index contributed by atoms with van der Waals surface area (Å²) in [5, 5.41) is 0. The number of Topliss-reactive ketones (excluding diaryl/α,β-unsaturated/α-hetero) is 1. The molecular weight excluding hydrogens is 356 g/mol. The minimum atomic E-state index is -0.361. The van der Waals surface area contributed by atoms with Gasteiger partial charge in [0.15, 0.2) is 0 Å². The van der Waals surface area contributed by atoms with Crippen LogP contribution in [0.5, 0.6) is 0 Å². The van der Waals surface area contributed by atoms with Gasteiger partial charge in [-0.05, 0) is 58.0 Å². The van der Waals surface area contributed by atoms with Gasteiger partial charge in [0.25, 0.3) is 0 Å². The van der Waals surface area contributed by atoms with Gasteiger partial charge in [-0.2, -0.15) is 0 Å². The number of hydrogen-bond acceptors (Lipinski definition) is 4. The Morgan fingerprint density at radius 3 is 2.32 bits per heavy atom. The topological polar surface area (TPSA) is 62.0 Å². The maximum absolute atomic E-state index is 13.0. The lowest BCUT2D eigenvalue weighted by Crippen LogP contribution is -3.16. The third-order valence-corrected chi connectivity index (χ3v) is 5.31. The van der Waals surface area contributed by atoms with Crippen molar-refractivity contribution in [1.29, 1.82) is 0 Å². The molecule has 1 aromatic carbocycles. The smallest absolute Gasteiger partial charge is 0.337 e. The van der Waals surface area contributed by atoms with Gasteiger partial charge in [-0.15, -0.1) is 0 Å². The molecule has 0 spiro atoms. The predicted octanol–water partition coefficient (Wildman–Crippen LogP) is 1.76. The first-order valence-corrected chi connectivity index (χ1v) is 9.70. The van der Waals surface area contributed by atoms with E-state index in [2.05, 4.69) is 13.8 Å². The van der Waals surface area contributed by atoms with Gasteiger partial charge in [-0.1, -0.05) is 0 Å². The minimum absolute atomic E-state index is 0.154. The number of nitrogens with one attached hydrogen (secondary N) is 1. The van der Waals surface area contributed by atoms with E-state index in [0.29, 0.717) is 12.1 Å². The van der Waals surface area contributed by atoms with Gasteiger partial charge in [-0.3, -0.25) is 4.79 Å². The van der Waals surface area contributed by atoms with Gasteiger partial charge >= 0.3 is 5.97 Å². The Morgan fingerprint density at radius 1 is 1.14 bits per heavy atom. The van der Waals surface area contributed by atoms with Crippen molar-refractivity contribution in [3.8, 4) is 5.69 Å². The van der Waals surface area contributed by atoms with Gasteiger partial charge in [0.05, 0.1) is 12.7 Å². The molecule has 1 N–H and O–H groups in total. The van der Waals surface area contributed by atoms with E-state index in [1.807, 2.05) is 36.6 Å². The van der Waals surface area contributed by atoms with Crippen molar-refractivity contribution in [2.75, 3.05) is 26.7 Å². The first-order chi connectivity index (χ1) is 13.3. The molecule has 150 valence electrons. The van der Waals surface area contributed by atoms with E-state index in [1.165, 1.54) is 12.0 Å². The molecular formula is C22H29N2O4+. The van der Waals surface area contributed by atoms with Crippen LogP contribution in [-0.4, -0.2) is 55.3 Å². The van der Waals surface area contributed by atoms with Crippen LogP contribution >= 0.6 is 0 Å². The predicted molar refractivity (Wildman–Crippen MR) is 106 cm³/mol. The Morgan fingerprint density at radius 2 is 1.75 bits per heavy atom. The molecule has 2 heterocycles. The van der Waals surface area contributed by atoms with Crippen LogP contribution in [0.4, 0.5) is 0 Å². The first-order valence-electron chi connectivity index (χ1n) is 9.70. The van der Waals surface area contributed by atoms with Gasteiger partial charge in [-0.25, -0.2) is 4.79 Å². The van der Waals surface area contributed by atoms with Gasteiger partial charge < -0.3 is 18.9 Å². The fourth-order valence-electron chi connectivity index (χ4n) is 4.16. The third-order valence-electron chi connectivity index (χ3n) is 5.31. The summed E-state index contributed by atoms with van der Waals surface area (Å²) in [5.74, 6) is -0.206. The fraction of sp³-hybridized carbons (Fsp3) is 0.455.